The van der Waals surface area contributed by atoms with Gasteiger partial charge in [0.15, 0.2) is 23.6 Å². The van der Waals surface area contributed by atoms with Crippen LogP contribution in [-0.4, -0.2) is 29.6 Å². The normalized spacial score (nSPS) is 15.7. The number of rotatable bonds is 5. The number of nitrogens with zero attached hydrogens (tertiary/aromatic N) is 2. The van der Waals surface area contributed by atoms with Gasteiger partial charge in [-0.1, -0.05) is 12.1 Å². The van der Waals surface area contributed by atoms with Gasteiger partial charge in [-0.2, -0.15) is 0 Å². The van der Waals surface area contributed by atoms with Crippen molar-refractivity contribution < 1.29 is 32.2 Å². The number of amides is 1. The summed E-state index contributed by atoms with van der Waals surface area (Å²) in [4.78, 5) is 30.5. The summed E-state index contributed by atoms with van der Waals surface area (Å²) in [6.07, 6.45) is -1.38. The lowest BCUT2D eigenvalue weighted by molar-refractivity contribution is -0.147. The molecule has 10 heteroatoms. The number of halogens is 3. The Morgan fingerprint density at radius 3 is 2.81 bits per heavy atom. The van der Waals surface area contributed by atoms with Crippen LogP contribution in [0.4, 0.5) is 18.9 Å². The average Bonchev–Trinajstić information content (AvgIpc) is 3.13. The van der Waals surface area contributed by atoms with Gasteiger partial charge in [-0.15, -0.1) is 11.3 Å². The van der Waals surface area contributed by atoms with E-state index in [-0.39, 0.29) is 34.8 Å². The van der Waals surface area contributed by atoms with Gasteiger partial charge in [-0.3, -0.25) is 14.5 Å². The van der Waals surface area contributed by atoms with Crippen molar-refractivity contribution in [3.63, 3.8) is 0 Å². The molecule has 3 aromatic rings. The monoisotopic (exact) mass is 450 g/mol. The second kappa shape index (κ2) is 8.18. The van der Waals surface area contributed by atoms with Crippen molar-refractivity contribution in [1.29, 1.82) is 0 Å². The molecule has 0 aliphatic carbocycles. The van der Waals surface area contributed by atoms with E-state index >= 15 is 0 Å². The molecule has 0 bridgehead atoms. The maximum absolute atomic E-state index is 14.1. The largest absolute Gasteiger partial charge is 0.477 e. The molecule has 0 fully saturated rings. The Hall–Kier alpha value is -3.14. The first-order chi connectivity index (χ1) is 14.8. The molecule has 1 aliphatic heterocycles. The van der Waals surface area contributed by atoms with Gasteiger partial charge in [0.1, 0.15) is 16.3 Å². The minimum absolute atomic E-state index is 0.0833. The Balaban J connectivity index is 1.71. The van der Waals surface area contributed by atoms with Gasteiger partial charge < -0.3 is 9.47 Å². The molecule has 1 aromatic heterocycles. The van der Waals surface area contributed by atoms with Crippen LogP contribution in [-0.2, 0) is 20.9 Å². The third-order valence-corrected chi connectivity index (χ3v) is 5.79. The summed E-state index contributed by atoms with van der Waals surface area (Å²) in [6.45, 7) is 3.54. The highest BCUT2D eigenvalue weighted by molar-refractivity contribution is 7.18. The topological polar surface area (TPSA) is 68.7 Å². The van der Waals surface area contributed by atoms with E-state index in [1.54, 1.807) is 32.0 Å². The van der Waals surface area contributed by atoms with Crippen LogP contribution in [0.5, 0.6) is 5.75 Å². The fraction of sp³-hybridized carbons (Fsp3) is 0.286. The molecule has 1 atom stereocenters. The first-order valence-electron chi connectivity index (χ1n) is 9.46. The molecule has 1 unspecified atom stereocenters. The molecular weight excluding hydrogens is 433 g/mol. The molecule has 2 heterocycles. The third-order valence-electron chi connectivity index (χ3n) is 4.80. The number of ether oxygens (including phenoxy) is 2. The Labute approximate surface area is 179 Å². The molecule has 0 spiro atoms. The van der Waals surface area contributed by atoms with Crippen LogP contribution in [0.15, 0.2) is 24.3 Å². The Kier molecular flexibility index (Phi) is 5.57. The lowest BCUT2D eigenvalue weighted by Gasteiger charge is -2.34. The van der Waals surface area contributed by atoms with Crippen LogP contribution >= 0.6 is 11.3 Å². The van der Waals surface area contributed by atoms with Crippen molar-refractivity contribution in [2.24, 2.45) is 0 Å². The average molecular weight is 450 g/mol. The number of benzene rings is 2. The number of anilines is 1. The van der Waals surface area contributed by atoms with Gasteiger partial charge in [0.2, 0.25) is 0 Å². The smallest absolute Gasteiger partial charge is 0.310 e. The van der Waals surface area contributed by atoms with Gasteiger partial charge in [-0.05, 0) is 31.5 Å². The Bertz CT molecular complexity index is 1200. The van der Waals surface area contributed by atoms with E-state index in [1.165, 1.54) is 4.90 Å². The number of carbonyl (C=O) groups is 2. The number of carbonyl (C=O) groups excluding carboxylic acids is 2. The number of thiazole rings is 1. The highest BCUT2D eigenvalue weighted by Gasteiger charge is 2.37. The summed E-state index contributed by atoms with van der Waals surface area (Å²) in [5.41, 5.74) is 0.915. The minimum atomic E-state index is -1.60. The number of hydrogen-bond acceptors (Lipinski definition) is 6. The fourth-order valence-electron chi connectivity index (χ4n) is 3.37. The quantitative estimate of drug-likeness (QED) is 0.429. The third kappa shape index (κ3) is 3.83. The predicted molar refractivity (Wildman–Crippen MR) is 108 cm³/mol. The van der Waals surface area contributed by atoms with Crippen molar-refractivity contribution in [3.05, 3.63) is 52.3 Å². The van der Waals surface area contributed by atoms with Crippen LogP contribution < -0.4 is 9.64 Å². The minimum Gasteiger partial charge on any atom is -0.477 e. The molecule has 0 radical (unpaired) electrons. The molecule has 0 saturated carbocycles. The number of fused-ring (bicyclic) bond motifs is 2. The SMILES string of the molecule is CCOC(=O)CC1Oc2c(C)cccc2N(Cc2nc3c(F)c(F)c(F)cc3s2)C1=O. The highest BCUT2D eigenvalue weighted by atomic mass is 32.1. The number of aryl methyl sites for hydroxylation is 1. The molecule has 6 nitrogen and oxygen atoms in total. The molecule has 1 amide bonds. The maximum atomic E-state index is 14.1. The van der Waals surface area contributed by atoms with Crippen LogP contribution in [0.1, 0.15) is 23.9 Å². The summed E-state index contributed by atoms with van der Waals surface area (Å²) in [7, 11) is 0. The first kappa shape index (κ1) is 21.1. The van der Waals surface area contributed by atoms with Crippen molar-refractivity contribution in [2.45, 2.75) is 32.9 Å². The van der Waals surface area contributed by atoms with Gasteiger partial charge in [0.25, 0.3) is 5.91 Å². The van der Waals surface area contributed by atoms with Crippen LogP contribution in [0.25, 0.3) is 10.2 Å². The second-order valence-corrected chi connectivity index (χ2v) is 8.02. The summed E-state index contributed by atoms with van der Waals surface area (Å²) >= 11 is 0.948. The van der Waals surface area contributed by atoms with E-state index in [1.807, 2.05) is 0 Å². The van der Waals surface area contributed by atoms with Gasteiger partial charge in [-0.25, -0.2) is 18.2 Å². The molecular formula is C21H17F3N2O4S. The Morgan fingerprint density at radius 2 is 2.06 bits per heavy atom. The zero-order valence-electron chi connectivity index (χ0n) is 16.6. The van der Waals surface area contributed by atoms with E-state index < -0.39 is 35.4 Å². The van der Waals surface area contributed by atoms with E-state index in [0.717, 1.165) is 23.0 Å². The summed E-state index contributed by atoms with van der Waals surface area (Å²) in [5.74, 6) is -4.92. The number of aromatic nitrogens is 1. The summed E-state index contributed by atoms with van der Waals surface area (Å²) in [6, 6.07) is 6.09. The fourth-order valence-corrected chi connectivity index (χ4v) is 4.35. The van der Waals surface area contributed by atoms with Gasteiger partial charge in [0.05, 0.1) is 30.0 Å². The predicted octanol–water partition coefficient (Wildman–Crippen LogP) is 4.27. The molecule has 4 rings (SSSR count). The van der Waals surface area contributed by atoms with Crippen LogP contribution in [0.2, 0.25) is 0 Å². The van der Waals surface area contributed by atoms with E-state index in [9.17, 15) is 22.8 Å². The van der Waals surface area contributed by atoms with E-state index in [4.69, 9.17) is 9.47 Å². The number of para-hydroxylation sites is 1. The van der Waals surface area contributed by atoms with Crippen molar-refractivity contribution >= 4 is 39.1 Å². The molecule has 162 valence electrons. The molecule has 2 aromatic carbocycles. The van der Waals surface area contributed by atoms with Crippen LogP contribution in [0.3, 0.4) is 0 Å². The summed E-state index contributed by atoms with van der Waals surface area (Å²) in [5, 5.41) is 0.275. The molecule has 0 N–H and O–H groups in total. The standard InChI is InChI=1S/C21H17F3N2O4S/c1-3-29-16(27)8-13-21(28)26(12-6-4-5-10(2)20(12)30-13)9-15-25-19-14(31-15)7-11(22)17(23)18(19)24/h4-7,13H,3,8-9H2,1-2H3. The van der Waals surface area contributed by atoms with Crippen LogP contribution in [0, 0.1) is 24.4 Å². The zero-order chi connectivity index (χ0) is 22.3. The number of esters is 1. The highest BCUT2D eigenvalue weighted by Crippen LogP contribution is 2.39. The van der Waals surface area contributed by atoms with Gasteiger partial charge in [0, 0.05) is 0 Å². The van der Waals surface area contributed by atoms with Crippen molar-refractivity contribution in [3.8, 4) is 5.75 Å². The maximum Gasteiger partial charge on any atom is 0.310 e. The molecule has 1 aliphatic rings. The van der Waals surface area contributed by atoms with Crippen molar-refractivity contribution in [2.75, 3.05) is 11.5 Å². The number of hydrogen-bond donors (Lipinski definition) is 0. The molecule has 31 heavy (non-hydrogen) atoms. The van der Waals surface area contributed by atoms with E-state index in [2.05, 4.69) is 4.98 Å². The lowest BCUT2D eigenvalue weighted by Crippen LogP contribution is -2.46. The van der Waals surface area contributed by atoms with Gasteiger partial charge >= 0.3 is 5.97 Å². The second-order valence-electron chi connectivity index (χ2n) is 6.90. The van der Waals surface area contributed by atoms with Crippen molar-refractivity contribution in [1.82, 2.24) is 4.98 Å². The molecule has 0 saturated heterocycles. The zero-order valence-corrected chi connectivity index (χ0v) is 17.4. The van der Waals surface area contributed by atoms with E-state index in [0.29, 0.717) is 11.4 Å². The first-order valence-corrected chi connectivity index (χ1v) is 10.3. The lowest BCUT2D eigenvalue weighted by atomic mass is 10.1. The Morgan fingerprint density at radius 1 is 1.29 bits per heavy atom. The summed E-state index contributed by atoms with van der Waals surface area (Å²) < 4.78 is 52.0.